The number of aryl methyl sites for hydroxylation is 1. The van der Waals surface area contributed by atoms with Gasteiger partial charge in [-0.15, -0.1) is 0 Å². The maximum absolute atomic E-state index is 12.5. The molecular formula is C12H11FN2O2. The van der Waals surface area contributed by atoms with Crippen LogP contribution in [0.25, 0.3) is 0 Å². The molecule has 0 atom stereocenters. The predicted octanol–water partition coefficient (Wildman–Crippen LogP) is 1.08. The maximum Gasteiger partial charge on any atom is 0.253 e. The van der Waals surface area contributed by atoms with Crippen LogP contribution in [0.1, 0.15) is 12.0 Å². The van der Waals surface area contributed by atoms with E-state index in [9.17, 15) is 14.0 Å². The van der Waals surface area contributed by atoms with Crippen LogP contribution in [0.4, 0.5) is 4.39 Å². The Morgan fingerprint density at radius 1 is 1.18 bits per heavy atom. The Morgan fingerprint density at radius 3 is 2.47 bits per heavy atom. The van der Waals surface area contributed by atoms with Crippen molar-refractivity contribution in [1.29, 1.82) is 0 Å². The van der Waals surface area contributed by atoms with E-state index in [1.165, 1.54) is 29.3 Å². The van der Waals surface area contributed by atoms with Gasteiger partial charge in [-0.05, 0) is 24.5 Å². The van der Waals surface area contributed by atoms with Crippen molar-refractivity contribution in [3.8, 4) is 0 Å². The van der Waals surface area contributed by atoms with Gasteiger partial charge in [0, 0.05) is 24.9 Å². The lowest BCUT2D eigenvalue weighted by Crippen LogP contribution is -2.31. The molecule has 2 heterocycles. The molecule has 0 aliphatic carbocycles. The first-order valence-electron chi connectivity index (χ1n) is 5.31. The molecule has 88 valence electrons. The Balaban J connectivity index is 1.82. The van der Waals surface area contributed by atoms with Crippen LogP contribution in [0.15, 0.2) is 30.5 Å². The van der Waals surface area contributed by atoms with Crippen molar-refractivity contribution < 1.29 is 14.0 Å². The molecule has 0 unspecified atom stereocenters. The van der Waals surface area contributed by atoms with Crippen molar-refractivity contribution in [1.82, 2.24) is 9.88 Å². The Bertz CT molecular complexity index is 450. The second-order valence-electron chi connectivity index (χ2n) is 3.75. The zero-order valence-corrected chi connectivity index (χ0v) is 9.10. The first kappa shape index (κ1) is 11.4. The van der Waals surface area contributed by atoms with E-state index in [2.05, 4.69) is 4.98 Å². The second-order valence-corrected chi connectivity index (χ2v) is 3.75. The number of hydrogen-bond donors (Lipinski definition) is 0. The number of rotatable bonds is 4. The summed E-state index contributed by atoms with van der Waals surface area (Å²) in [4.78, 5) is 27.2. The van der Waals surface area contributed by atoms with Crippen molar-refractivity contribution in [2.75, 3.05) is 6.54 Å². The quantitative estimate of drug-likeness (QED) is 0.577. The third kappa shape index (κ3) is 2.75. The zero-order chi connectivity index (χ0) is 12.3. The fourth-order valence-corrected chi connectivity index (χ4v) is 1.65. The van der Waals surface area contributed by atoms with E-state index >= 15 is 0 Å². The van der Waals surface area contributed by atoms with Gasteiger partial charge in [0.2, 0.25) is 5.95 Å². The van der Waals surface area contributed by atoms with Crippen LogP contribution in [-0.2, 0) is 16.0 Å². The average Bonchev–Trinajstić information content (AvgIpc) is 2.63. The summed E-state index contributed by atoms with van der Waals surface area (Å²) in [5.41, 5.74) is 0.887. The molecule has 17 heavy (non-hydrogen) atoms. The van der Waals surface area contributed by atoms with Crippen molar-refractivity contribution in [2.45, 2.75) is 12.8 Å². The molecule has 4 nitrogen and oxygen atoms in total. The number of carbonyl (C=O) groups excluding carboxylic acids is 2. The van der Waals surface area contributed by atoms with Gasteiger partial charge in [0.15, 0.2) is 0 Å². The van der Waals surface area contributed by atoms with E-state index in [-0.39, 0.29) is 11.8 Å². The average molecular weight is 233 g/mol. The molecule has 0 radical (unpaired) electrons. The lowest BCUT2D eigenvalue weighted by atomic mass is 10.1. The van der Waals surface area contributed by atoms with E-state index in [0.717, 1.165) is 5.56 Å². The fraction of sp³-hybridized carbons (Fsp3) is 0.250. The summed E-state index contributed by atoms with van der Waals surface area (Å²) >= 11 is 0. The van der Waals surface area contributed by atoms with E-state index in [4.69, 9.17) is 0 Å². The number of carbonyl (C=O) groups is 2. The predicted molar refractivity (Wildman–Crippen MR) is 58.4 cm³/mol. The Morgan fingerprint density at radius 2 is 1.88 bits per heavy atom. The van der Waals surface area contributed by atoms with Crippen LogP contribution >= 0.6 is 0 Å². The Labute approximate surface area is 97.8 Å². The second kappa shape index (κ2) is 4.86. The Kier molecular flexibility index (Phi) is 3.27. The maximum atomic E-state index is 12.5. The van der Waals surface area contributed by atoms with Crippen molar-refractivity contribution in [2.24, 2.45) is 0 Å². The molecular weight excluding hydrogens is 222 g/mol. The standard InChI is InChI=1S/C12H11FN2O2/c13-10-4-3-9(8-14-10)2-1-7-15-11(16)5-6-12(15)17/h3-6,8H,1-2,7H2/i13-1. The molecule has 1 aromatic rings. The number of pyridine rings is 1. The van der Waals surface area contributed by atoms with E-state index in [0.29, 0.717) is 19.4 Å². The summed E-state index contributed by atoms with van der Waals surface area (Å²) in [6, 6.07) is 2.94. The van der Waals surface area contributed by atoms with Gasteiger partial charge in [-0.25, -0.2) is 4.98 Å². The topological polar surface area (TPSA) is 50.3 Å². The van der Waals surface area contributed by atoms with Crippen LogP contribution in [0.5, 0.6) is 0 Å². The van der Waals surface area contributed by atoms with E-state index in [1.54, 1.807) is 6.07 Å². The van der Waals surface area contributed by atoms with Gasteiger partial charge in [0.25, 0.3) is 11.8 Å². The highest BCUT2D eigenvalue weighted by molar-refractivity contribution is 6.12. The minimum absolute atomic E-state index is 0.271. The van der Waals surface area contributed by atoms with Crippen molar-refractivity contribution >= 4 is 11.8 Å². The summed E-state index contributed by atoms with van der Waals surface area (Å²) in [6.07, 6.45) is 5.29. The number of halogens is 1. The SMILES string of the molecule is O=C1C=CC(=O)N1CCCc1ccc([18F])nc1. The molecule has 1 aliphatic rings. The zero-order valence-electron chi connectivity index (χ0n) is 9.10. The molecule has 0 bridgehead atoms. The van der Waals surface area contributed by atoms with Crippen LogP contribution in [0.2, 0.25) is 0 Å². The normalized spacial score (nSPS) is 14.8. The van der Waals surface area contributed by atoms with Crippen LogP contribution < -0.4 is 0 Å². The summed E-state index contributed by atoms with van der Waals surface area (Å²) in [7, 11) is 0. The minimum Gasteiger partial charge on any atom is -0.275 e. The van der Waals surface area contributed by atoms with Gasteiger partial charge in [-0.1, -0.05) is 6.07 Å². The first-order valence-corrected chi connectivity index (χ1v) is 5.31. The van der Waals surface area contributed by atoms with Crippen molar-refractivity contribution in [3.63, 3.8) is 0 Å². The fourth-order valence-electron chi connectivity index (χ4n) is 1.65. The summed E-state index contributed by atoms with van der Waals surface area (Å²) in [6.45, 7) is 0.377. The first-order chi connectivity index (χ1) is 8.16. The highest BCUT2D eigenvalue weighted by Crippen LogP contribution is 2.07. The minimum atomic E-state index is -0.511. The Hall–Kier alpha value is -2.04. The molecule has 0 fully saturated rings. The largest absolute Gasteiger partial charge is 0.275 e. The van der Waals surface area contributed by atoms with Gasteiger partial charge < -0.3 is 0 Å². The van der Waals surface area contributed by atoms with Gasteiger partial charge in [-0.3, -0.25) is 14.5 Å². The number of imide groups is 1. The van der Waals surface area contributed by atoms with E-state index in [1.807, 2.05) is 0 Å². The van der Waals surface area contributed by atoms with E-state index < -0.39 is 5.95 Å². The smallest absolute Gasteiger partial charge is 0.253 e. The molecule has 1 aliphatic heterocycles. The summed E-state index contributed by atoms with van der Waals surface area (Å²) in [5.74, 6) is -1.05. The summed E-state index contributed by atoms with van der Waals surface area (Å²) in [5, 5.41) is 0. The molecule has 0 spiro atoms. The molecule has 0 aromatic carbocycles. The van der Waals surface area contributed by atoms with Crippen LogP contribution in [0.3, 0.4) is 0 Å². The lowest BCUT2D eigenvalue weighted by Gasteiger charge is -2.12. The van der Waals surface area contributed by atoms with Gasteiger partial charge in [-0.2, -0.15) is 4.39 Å². The number of hydrogen-bond acceptors (Lipinski definition) is 3. The molecule has 2 rings (SSSR count). The number of nitrogens with zero attached hydrogens (tertiary/aromatic N) is 2. The molecule has 2 amide bonds. The molecule has 0 saturated carbocycles. The van der Waals surface area contributed by atoms with Gasteiger partial charge >= 0.3 is 0 Å². The lowest BCUT2D eigenvalue weighted by molar-refractivity contribution is -0.136. The number of amides is 2. The monoisotopic (exact) mass is 233 g/mol. The summed E-state index contributed by atoms with van der Waals surface area (Å²) < 4.78 is 12.5. The third-order valence-electron chi connectivity index (χ3n) is 2.54. The molecule has 5 heteroatoms. The molecule has 0 N–H and O–H groups in total. The van der Waals surface area contributed by atoms with Crippen LogP contribution in [0, 0.1) is 5.95 Å². The van der Waals surface area contributed by atoms with Crippen LogP contribution in [-0.4, -0.2) is 28.2 Å². The third-order valence-corrected chi connectivity index (χ3v) is 2.54. The number of aromatic nitrogens is 1. The molecule has 1 aromatic heterocycles. The van der Waals surface area contributed by atoms with Gasteiger partial charge in [0.1, 0.15) is 0 Å². The highest BCUT2D eigenvalue weighted by Gasteiger charge is 2.22. The van der Waals surface area contributed by atoms with Crippen molar-refractivity contribution in [3.05, 3.63) is 42.0 Å². The highest BCUT2D eigenvalue weighted by atomic mass is 18.2. The van der Waals surface area contributed by atoms with Gasteiger partial charge in [0.05, 0.1) is 0 Å². The molecule has 0 saturated heterocycles.